The van der Waals surface area contributed by atoms with Crippen molar-refractivity contribution in [2.45, 2.75) is 13.1 Å². The molecule has 0 unspecified atom stereocenters. The first-order valence-corrected chi connectivity index (χ1v) is 7.49. The molecule has 2 heterocycles. The molecule has 0 radical (unpaired) electrons. The Morgan fingerprint density at radius 1 is 1.17 bits per heavy atom. The van der Waals surface area contributed by atoms with E-state index in [4.69, 9.17) is 11.6 Å². The van der Waals surface area contributed by atoms with Crippen molar-refractivity contribution in [3.63, 3.8) is 0 Å². The smallest absolute Gasteiger partial charge is 0.268 e. The van der Waals surface area contributed by atoms with Gasteiger partial charge in [0.1, 0.15) is 11.3 Å². The van der Waals surface area contributed by atoms with Gasteiger partial charge in [-0.1, -0.05) is 23.7 Å². The van der Waals surface area contributed by atoms with E-state index in [-0.39, 0.29) is 23.7 Å². The van der Waals surface area contributed by atoms with Gasteiger partial charge in [0.2, 0.25) is 0 Å². The van der Waals surface area contributed by atoms with E-state index < -0.39 is 11.5 Å². The van der Waals surface area contributed by atoms with E-state index in [1.54, 1.807) is 24.3 Å². The minimum absolute atomic E-state index is 0.0254. The highest BCUT2D eigenvalue weighted by molar-refractivity contribution is 6.30. The second-order valence-corrected chi connectivity index (χ2v) is 5.59. The number of nitrogens with one attached hydrogen (secondary N) is 2. The number of pyridine rings is 1. The van der Waals surface area contributed by atoms with E-state index in [1.165, 1.54) is 16.7 Å². The zero-order valence-corrected chi connectivity index (χ0v) is 12.9. The lowest BCUT2D eigenvalue weighted by Gasteiger charge is -2.19. The maximum atomic E-state index is 12.4. The normalized spacial score (nSPS) is 13.2. The molecule has 1 aliphatic rings. The van der Waals surface area contributed by atoms with Crippen molar-refractivity contribution in [1.82, 2.24) is 15.2 Å². The van der Waals surface area contributed by atoms with Gasteiger partial charge in [0.25, 0.3) is 17.4 Å². The fraction of sp³-hybridized carbons (Fsp3) is 0.188. The van der Waals surface area contributed by atoms with E-state index in [1.807, 2.05) is 0 Å². The van der Waals surface area contributed by atoms with Crippen molar-refractivity contribution < 1.29 is 9.59 Å². The van der Waals surface area contributed by atoms with Crippen LogP contribution in [0.25, 0.3) is 0 Å². The van der Waals surface area contributed by atoms with Gasteiger partial charge in [-0.25, -0.2) is 0 Å². The minimum atomic E-state index is -0.466. The predicted molar refractivity (Wildman–Crippen MR) is 85.7 cm³/mol. The van der Waals surface area contributed by atoms with Gasteiger partial charge in [-0.2, -0.15) is 0 Å². The van der Waals surface area contributed by atoms with E-state index >= 15 is 0 Å². The van der Waals surface area contributed by atoms with Crippen LogP contribution in [0.5, 0.6) is 0 Å². The number of benzene rings is 1. The van der Waals surface area contributed by atoms with E-state index in [9.17, 15) is 14.4 Å². The van der Waals surface area contributed by atoms with E-state index in [0.29, 0.717) is 18.1 Å². The molecular formula is C16H14ClN3O3. The molecule has 6 nitrogen and oxygen atoms in total. The quantitative estimate of drug-likeness (QED) is 0.886. The Kier molecular flexibility index (Phi) is 4.16. The number of nitrogens with zero attached hydrogens (tertiary/aromatic N) is 1. The van der Waals surface area contributed by atoms with Gasteiger partial charge in [-0.3, -0.25) is 14.4 Å². The Morgan fingerprint density at radius 2 is 1.91 bits per heavy atom. The fourth-order valence-electron chi connectivity index (χ4n) is 2.42. The summed E-state index contributed by atoms with van der Waals surface area (Å²) in [5.74, 6) is -0.771. The number of halogens is 1. The second-order valence-electron chi connectivity index (χ2n) is 5.15. The molecule has 0 saturated carbocycles. The van der Waals surface area contributed by atoms with Gasteiger partial charge in [0.05, 0.1) is 0 Å². The number of hydrogen-bond acceptors (Lipinski definition) is 3. The third kappa shape index (κ3) is 3.12. The van der Waals surface area contributed by atoms with Crippen LogP contribution in [0, 0.1) is 0 Å². The summed E-state index contributed by atoms with van der Waals surface area (Å²) in [5.41, 5.74) is 0.721. The molecule has 1 aliphatic heterocycles. The lowest BCUT2D eigenvalue weighted by Crippen LogP contribution is -2.43. The number of carbonyl (C=O) groups is 2. The molecule has 2 N–H and O–H groups in total. The molecule has 0 bridgehead atoms. The Labute approximate surface area is 137 Å². The first-order chi connectivity index (χ1) is 11.1. The number of rotatable bonds is 3. The Hall–Kier alpha value is -2.60. The molecule has 0 atom stereocenters. The maximum absolute atomic E-state index is 12.4. The molecule has 1 aromatic heterocycles. The van der Waals surface area contributed by atoms with Gasteiger partial charge in [-0.05, 0) is 29.8 Å². The van der Waals surface area contributed by atoms with Crippen LogP contribution in [0.1, 0.15) is 26.4 Å². The van der Waals surface area contributed by atoms with Crippen LogP contribution in [-0.4, -0.2) is 22.9 Å². The number of fused-ring (bicyclic) bond motifs is 1. The molecule has 3 rings (SSSR count). The largest absolute Gasteiger partial charge is 0.349 e. The maximum Gasteiger partial charge on any atom is 0.268 e. The van der Waals surface area contributed by atoms with Crippen LogP contribution >= 0.6 is 11.6 Å². The highest BCUT2D eigenvalue weighted by atomic mass is 35.5. The van der Waals surface area contributed by atoms with Crippen LogP contribution in [0.3, 0.4) is 0 Å². The third-order valence-electron chi connectivity index (χ3n) is 3.64. The highest BCUT2D eigenvalue weighted by Crippen LogP contribution is 2.09. The van der Waals surface area contributed by atoms with Crippen molar-refractivity contribution in [3.05, 3.63) is 68.6 Å². The highest BCUT2D eigenvalue weighted by Gasteiger charge is 2.21. The number of hydrogen-bond donors (Lipinski definition) is 2. The number of carbonyl (C=O) groups excluding carboxylic acids is 2. The lowest BCUT2D eigenvalue weighted by molar-refractivity contribution is 0.0915. The van der Waals surface area contributed by atoms with E-state index in [2.05, 4.69) is 10.6 Å². The number of amides is 2. The van der Waals surface area contributed by atoms with Crippen LogP contribution < -0.4 is 16.2 Å². The first-order valence-electron chi connectivity index (χ1n) is 7.11. The van der Waals surface area contributed by atoms with Crippen molar-refractivity contribution in [1.29, 1.82) is 0 Å². The summed E-state index contributed by atoms with van der Waals surface area (Å²) in [6, 6.07) is 9.94. The van der Waals surface area contributed by atoms with Gasteiger partial charge in [0.15, 0.2) is 0 Å². The SMILES string of the molecule is O=C(NCc1ccc(Cl)cc1)c1ccc2n(c1=O)CCNC2=O. The topological polar surface area (TPSA) is 80.2 Å². The molecule has 0 aliphatic carbocycles. The monoisotopic (exact) mass is 331 g/mol. The van der Waals surface area contributed by atoms with Crippen molar-refractivity contribution in [2.75, 3.05) is 6.54 Å². The van der Waals surface area contributed by atoms with Crippen LogP contribution in [0.15, 0.2) is 41.2 Å². The van der Waals surface area contributed by atoms with Gasteiger partial charge in [0, 0.05) is 24.7 Å². The van der Waals surface area contributed by atoms with Gasteiger partial charge in [-0.15, -0.1) is 0 Å². The summed E-state index contributed by atoms with van der Waals surface area (Å²) in [5, 5.41) is 5.97. The predicted octanol–water partition coefficient (Wildman–Crippen LogP) is 1.18. The fourth-order valence-corrected chi connectivity index (χ4v) is 2.55. The zero-order valence-electron chi connectivity index (χ0n) is 12.1. The summed E-state index contributed by atoms with van der Waals surface area (Å²) in [6.45, 7) is 1.03. The Morgan fingerprint density at radius 3 is 2.65 bits per heavy atom. The van der Waals surface area contributed by atoms with Crippen LogP contribution in [0.2, 0.25) is 5.02 Å². The minimum Gasteiger partial charge on any atom is -0.349 e. The summed E-state index contributed by atoms with van der Waals surface area (Å²) in [7, 11) is 0. The summed E-state index contributed by atoms with van der Waals surface area (Å²) < 4.78 is 1.33. The summed E-state index contributed by atoms with van der Waals surface area (Å²) in [6.07, 6.45) is 0. The van der Waals surface area contributed by atoms with Crippen LogP contribution in [0.4, 0.5) is 0 Å². The average molecular weight is 332 g/mol. The molecule has 23 heavy (non-hydrogen) atoms. The Balaban J connectivity index is 1.79. The van der Waals surface area contributed by atoms with Crippen molar-refractivity contribution >= 4 is 23.4 Å². The molecule has 2 amide bonds. The first kappa shape index (κ1) is 15.3. The Bertz CT molecular complexity index is 827. The van der Waals surface area contributed by atoms with Gasteiger partial charge < -0.3 is 15.2 Å². The average Bonchev–Trinajstić information content (AvgIpc) is 2.55. The van der Waals surface area contributed by atoms with E-state index in [0.717, 1.165) is 5.56 Å². The molecule has 0 saturated heterocycles. The van der Waals surface area contributed by atoms with Crippen molar-refractivity contribution in [2.24, 2.45) is 0 Å². The standard InChI is InChI=1S/C16H14ClN3O3/c17-11-3-1-10(2-4-11)9-19-14(21)12-5-6-13-15(22)18-7-8-20(13)16(12)23/h1-6H,7-9H2,(H,18,22)(H,19,21). The van der Waals surface area contributed by atoms with Crippen molar-refractivity contribution in [3.8, 4) is 0 Å². The number of aromatic nitrogens is 1. The van der Waals surface area contributed by atoms with Crippen LogP contribution in [-0.2, 0) is 13.1 Å². The lowest BCUT2D eigenvalue weighted by atomic mass is 10.1. The molecule has 118 valence electrons. The second kappa shape index (κ2) is 6.26. The summed E-state index contributed by atoms with van der Waals surface area (Å²) >= 11 is 5.81. The molecule has 2 aromatic rings. The molecular weight excluding hydrogens is 318 g/mol. The molecule has 1 aromatic carbocycles. The summed E-state index contributed by atoms with van der Waals surface area (Å²) in [4.78, 5) is 36.3. The molecule has 0 fully saturated rings. The third-order valence-corrected chi connectivity index (χ3v) is 3.89. The molecule has 0 spiro atoms. The van der Waals surface area contributed by atoms with Gasteiger partial charge >= 0.3 is 0 Å². The zero-order chi connectivity index (χ0) is 16.4. The molecule has 7 heteroatoms.